The molecule has 0 atom stereocenters. The molecule has 0 aliphatic carbocycles. The molecule has 1 aromatic rings. The predicted octanol–water partition coefficient (Wildman–Crippen LogP) is 0.321. The average molecular weight is 235 g/mol. The van der Waals surface area contributed by atoms with Crippen LogP contribution < -0.4 is 4.90 Å². The van der Waals surface area contributed by atoms with E-state index in [4.69, 9.17) is 5.11 Å². The third kappa shape index (κ3) is 2.31. The minimum Gasteiger partial charge on any atom is -0.390 e. The van der Waals surface area contributed by atoms with Crippen molar-refractivity contribution in [2.75, 3.05) is 4.90 Å². The second-order valence-electron chi connectivity index (χ2n) is 3.94. The normalized spacial score (nSPS) is 16.5. The summed E-state index contributed by atoms with van der Waals surface area (Å²) in [6.07, 6.45) is 1.24. The fourth-order valence-corrected chi connectivity index (χ4v) is 1.77. The summed E-state index contributed by atoms with van der Waals surface area (Å²) in [7, 11) is 0. The molecule has 6 nitrogen and oxygen atoms in total. The number of piperidine rings is 1. The van der Waals surface area contributed by atoms with Gasteiger partial charge in [-0.15, -0.1) is 0 Å². The Morgan fingerprint density at radius 3 is 2.53 bits per heavy atom. The second-order valence-corrected chi connectivity index (χ2v) is 3.94. The molecule has 1 aliphatic rings. The van der Waals surface area contributed by atoms with E-state index in [1.54, 1.807) is 13.0 Å². The van der Waals surface area contributed by atoms with Gasteiger partial charge in [-0.2, -0.15) is 0 Å². The van der Waals surface area contributed by atoms with Gasteiger partial charge in [0.2, 0.25) is 17.8 Å². The smallest absolute Gasteiger partial charge is 0.239 e. The lowest BCUT2D eigenvalue weighted by Crippen LogP contribution is -2.41. The molecular weight excluding hydrogens is 222 g/mol. The molecule has 2 amide bonds. The Balaban J connectivity index is 2.41. The van der Waals surface area contributed by atoms with Crippen LogP contribution in [-0.2, 0) is 16.2 Å². The Labute approximate surface area is 98.3 Å². The maximum atomic E-state index is 11.7. The number of aliphatic hydroxyl groups excluding tert-OH is 1. The van der Waals surface area contributed by atoms with Crippen molar-refractivity contribution in [3.63, 3.8) is 0 Å². The van der Waals surface area contributed by atoms with Crippen molar-refractivity contribution in [1.82, 2.24) is 9.97 Å². The quantitative estimate of drug-likeness (QED) is 0.746. The van der Waals surface area contributed by atoms with Gasteiger partial charge in [0.1, 0.15) is 0 Å². The van der Waals surface area contributed by atoms with Gasteiger partial charge >= 0.3 is 0 Å². The van der Waals surface area contributed by atoms with Crippen LogP contribution in [-0.4, -0.2) is 26.9 Å². The number of hydrogen-bond donors (Lipinski definition) is 1. The fraction of sp³-hybridized carbons (Fsp3) is 0.455. The maximum Gasteiger partial charge on any atom is 0.239 e. The number of carbonyl (C=O) groups is 2. The maximum absolute atomic E-state index is 11.7. The molecule has 1 aromatic heterocycles. The molecule has 1 saturated heterocycles. The Bertz CT molecular complexity index is 457. The van der Waals surface area contributed by atoms with Gasteiger partial charge in [-0.05, 0) is 19.4 Å². The van der Waals surface area contributed by atoms with Crippen LogP contribution in [0.4, 0.5) is 5.95 Å². The highest BCUT2D eigenvalue weighted by atomic mass is 16.3. The number of hydrogen-bond acceptors (Lipinski definition) is 5. The van der Waals surface area contributed by atoms with Crippen molar-refractivity contribution >= 4 is 17.8 Å². The van der Waals surface area contributed by atoms with E-state index in [0.29, 0.717) is 30.7 Å². The Kier molecular flexibility index (Phi) is 3.14. The van der Waals surface area contributed by atoms with E-state index < -0.39 is 0 Å². The van der Waals surface area contributed by atoms with Gasteiger partial charge in [0.15, 0.2) is 0 Å². The van der Waals surface area contributed by atoms with Crippen LogP contribution >= 0.6 is 0 Å². The standard InChI is InChI=1S/C11H13N3O3/c1-7-5-8(6-15)13-11(12-7)14-9(16)3-2-4-10(14)17/h5,15H,2-4,6H2,1H3. The minimum absolute atomic E-state index is 0.0729. The number of aromatic nitrogens is 2. The van der Waals surface area contributed by atoms with Gasteiger partial charge in [0, 0.05) is 18.5 Å². The molecule has 0 saturated carbocycles. The first kappa shape index (κ1) is 11.7. The van der Waals surface area contributed by atoms with E-state index in [-0.39, 0.29) is 24.4 Å². The largest absolute Gasteiger partial charge is 0.390 e. The molecule has 1 N–H and O–H groups in total. The van der Waals surface area contributed by atoms with Gasteiger partial charge in [-0.25, -0.2) is 14.9 Å². The number of anilines is 1. The number of carbonyl (C=O) groups excluding carboxylic acids is 2. The monoisotopic (exact) mass is 235 g/mol. The lowest BCUT2D eigenvalue weighted by molar-refractivity contribution is -0.129. The van der Waals surface area contributed by atoms with Crippen molar-refractivity contribution < 1.29 is 14.7 Å². The van der Waals surface area contributed by atoms with E-state index in [1.165, 1.54) is 0 Å². The number of amides is 2. The summed E-state index contributed by atoms with van der Waals surface area (Å²) in [5.74, 6) is -0.491. The van der Waals surface area contributed by atoms with Gasteiger partial charge in [0.25, 0.3) is 0 Å². The number of rotatable bonds is 2. The van der Waals surface area contributed by atoms with Crippen LogP contribution in [0, 0.1) is 6.92 Å². The lowest BCUT2D eigenvalue weighted by atomic mass is 10.1. The summed E-state index contributed by atoms with van der Waals surface area (Å²) in [6.45, 7) is 1.48. The molecule has 2 heterocycles. The van der Waals surface area contributed by atoms with Crippen molar-refractivity contribution in [2.45, 2.75) is 32.8 Å². The number of aryl methyl sites for hydroxylation is 1. The molecule has 0 radical (unpaired) electrons. The molecule has 0 unspecified atom stereocenters. The van der Waals surface area contributed by atoms with E-state index in [0.717, 1.165) is 4.90 Å². The molecule has 17 heavy (non-hydrogen) atoms. The van der Waals surface area contributed by atoms with Crippen molar-refractivity contribution in [1.29, 1.82) is 0 Å². The highest BCUT2D eigenvalue weighted by molar-refractivity contribution is 6.15. The first-order chi connectivity index (χ1) is 8.11. The third-order valence-electron chi connectivity index (χ3n) is 2.54. The number of aliphatic hydroxyl groups is 1. The molecule has 1 fully saturated rings. The van der Waals surface area contributed by atoms with Gasteiger partial charge < -0.3 is 5.11 Å². The van der Waals surface area contributed by atoms with Crippen molar-refractivity contribution in [3.05, 3.63) is 17.5 Å². The van der Waals surface area contributed by atoms with Crippen LogP contribution in [0.15, 0.2) is 6.07 Å². The van der Waals surface area contributed by atoms with E-state index >= 15 is 0 Å². The van der Waals surface area contributed by atoms with Crippen LogP contribution in [0.2, 0.25) is 0 Å². The molecule has 90 valence electrons. The summed E-state index contributed by atoms with van der Waals surface area (Å²) < 4.78 is 0. The molecule has 0 spiro atoms. The number of nitrogens with zero attached hydrogens (tertiary/aromatic N) is 3. The SMILES string of the molecule is Cc1cc(CO)nc(N2C(=O)CCCC2=O)n1. The van der Waals surface area contributed by atoms with E-state index in [1.807, 2.05) is 0 Å². The zero-order valence-electron chi connectivity index (χ0n) is 9.51. The summed E-state index contributed by atoms with van der Waals surface area (Å²) in [6, 6.07) is 1.61. The topological polar surface area (TPSA) is 83.4 Å². The van der Waals surface area contributed by atoms with E-state index in [9.17, 15) is 9.59 Å². The summed E-state index contributed by atoms with van der Waals surface area (Å²) in [5, 5.41) is 9.04. The first-order valence-electron chi connectivity index (χ1n) is 5.43. The average Bonchev–Trinajstić information content (AvgIpc) is 2.28. The Hall–Kier alpha value is -1.82. The highest BCUT2D eigenvalue weighted by Crippen LogP contribution is 2.19. The molecular formula is C11H13N3O3. The van der Waals surface area contributed by atoms with Crippen molar-refractivity contribution in [2.24, 2.45) is 0 Å². The summed E-state index contributed by atoms with van der Waals surface area (Å²) in [4.78, 5) is 32.4. The van der Waals surface area contributed by atoms with Gasteiger partial charge in [0.05, 0.1) is 12.3 Å². The van der Waals surface area contributed by atoms with Crippen LogP contribution in [0.5, 0.6) is 0 Å². The molecule has 0 bridgehead atoms. The Morgan fingerprint density at radius 1 is 1.29 bits per heavy atom. The summed E-state index contributed by atoms with van der Waals surface area (Å²) >= 11 is 0. The van der Waals surface area contributed by atoms with Crippen LogP contribution in [0.1, 0.15) is 30.7 Å². The van der Waals surface area contributed by atoms with Gasteiger partial charge in [-0.1, -0.05) is 0 Å². The van der Waals surface area contributed by atoms with Crippen LogP contribution in [0.25, 0.3) is 0 Å². The van der Waals surface area contributed by atoms with E-state index in [2.05, 4.69) is 9.97 Å². The van der Waals surface area contributed by atoms with Crippen LogP contribution in [0.3, 0.4) is 0 Å². The summed E-state index contributed by atoms with van der Waals surface area (Å²) in [5.41, 5.74) is 1.02. The van der Waals surface area contributed by atoms with Crippen molar-refractivity contribution in [3.8, 4) is 0 Å². The highest BCUT2D eigenvalue weighted by Gasteiger charge is 2.29. The predicted molar refractivity (Wildman–Crippen MR) is 59.0 cm³/mol. The molecule has 0 aromatic carbocycles. The third-order valence-corrected chi connectivity index (χ3v) is 2.54. The molecule has 2 rings (SSSR count). The number of imide groups is 1. The first-order valence-corrected chi connectivity index (χ1v) is 5.43. The zero-order chi connectivity index (χ0) is 12.4. The second kappa shape index (κ2) is 4.58. The Morgan fingerprint density at radius 2 is 1.94 bits per heavy atom. The molecule has 1 aliphatic heterocycles. The molecule has 6 heteroatoms. The lowest BCUT2D eigenvalue weighted by Gasteiger charge is -2.23. The zero-order valence-corrected chi connectivity index (χ0v) is 9.51. The van der Waals surface area contributed by atoms with Gasteiger partial charge in [-0.3, -0.25) is 9.59 Å². The fourth-order valence-electron chi connectivity index (χ4n) is 1.77. The minimum atomic E-state index is -0.282.